The molecule has 0 radical (unpaired) electrons. The summed E-state index contributed by atoms with van der Waals surface area (Å²) in [7, 11) is 0. The molecule has 2 rings (SSSR count). The molecule has 0 aliphatic rings. The maximum Gasteiger partial charge on any atom is 0.0897 e. The zero-order valence-corrected chi connectivity index (χ0v) is 9.80. The third-order valence-corrected chi connectivity index (χ3v) is 2.77. The summed E-state index contributed by atoms with van der Waals surface area (Å²) in [5.74, 6) is 5.59. The van der Waals surface area contributed by atoms with Gasteiger partial charge >= 0.3 is 0 Å². The highest BCUT2D eigenvalue weighted by atomic mass is 15.2. The van der Waals surface area contributed by atoms with Gasteiger partial charge in [-0.05, 0) is 17.5 Å². The van der Waals surface area contributed by atoms with Gasteiger partial charge in [0.05, 0.1) is 17.9 Å². The Hall–Kier alpha value is -1.78. The van der Waals surface area contributed by atoms with Crippen LogP contribution in [0.1, 0.15) is 29.8 Å². The predicted molar refractivity (Wildman–Crippen MR) is 67.0 cm³/mol. The van der Waals surface area contributed by atoms with Crippen molar-refractivity contribution in [2.75, 3.05) is 0 Å². The van der Waals surface area contributed by atoms with E-state index in [0.717, 1.165) is 17.7 Å². The zero-order chi connectivity index (χ0) is 12.1. The van der Waals surface area contributed by atoms with E-state index in [4.69, 9.17) is 5.84 Å². The normalized spacial score (nSPS) is 12.4. The first kappa shape index (κ1) is 11.7. The van der Waals surface area contributed by atoms with Gasteiger partial charge in [-0.3, -0.25) is 15.8 Å². The molecule has 2 aromatic rings. The highest BCUT2D eigenvalue weighted by Crippen LogP contribution is 2.19. The van der Waals surface area contributed by atoms with E-state index in [2.05, 4.69) is 46.6 Å². The summed E-state index contributed by atoms with van der Waals surface area (Å²) in [6, 6.07) is 8.23. The molecule has 1 aromatic carbocycles. The highest BCUT2D eigenvalue weighted by Gasteiger charge is 2.13. The molecule has 3 N–H and O–H groups in total. The van der Waals surface area contributed by atoms with Crippen LogP contribution in [-0.4, -0.2) is 9.97 Å². The van der Waals surface area contributed by atoms with Gasteiger partial charge in [-0.15, -0.1) is 0 Å². The van der Waals surface area contributed by atoms with Crippen LogP contribution < -0.4 is 11.3 Å². The largest absolute Gasteiger partial charge is 0.271 e. The quantitative estimate of drug-likeness (QED) is 0.616. The van der Waals surface area contributed by atoms with Gasteiger partial charge < -0.3 is 0 Å². The third-order valence-electron chi connectivity index (χ3n) is 2.77. The van der Waals surface area contributed by atoms with Crippen LogP contribution in [0.2, 0.25) is 0 Å². The van der Waals surface area contributed by atoms with Crippen molar-refractivity contribution in [2.45, 2.75) is 19.4 Å². The van der Waals surface area contributed by atoms with Gasteiger partial charge in [0, 0.05) is 12.4 Å². The zero-order valence-electron chi connectivity index (χ0n) is 9.80. The lowest BCUT2D eigenvalue weighted by atomic mass is 10.0. The number of nitrogens with two attached hydrogens (primary N) is 1. The summed E-state index contributed by atoms with van der Waals surface area (Å²) in [6.45, 7) is 2.14. The molecule has 1 atom stereocenters. The first-order chi connectivity index (χ1) is 8.35. The smallest absolute Gasteiger partial charge is 0.0897 e. The van der Waals surface area contributed by atoms with Crippen molar-refractivity contribution in [2.24, 2.45) is 5.84 Å². The summed E-state index contributed by atoms with van der Waals surface area (Å²) in [5.41, 5.74) is 5.99. The number of hydrazine groups is 1. The average Bonchev–Trinajstić information content (AvgIpc) is 2.42. The second kappa shape index (κ2) is 5.52. The number of aromatic nitrogens is 2. The van der Waals surface area contributed by atoms with Crippen LogP contribution in [0.4, 0.5) is 0 Å². The van der Waals surface area contributed by atoms with Gasteiger partial charge in [0.15, 0.2) is 0 Å². The molecule has 1 heterocycles. The molecule has 1 unspecified atom stereocenters. The molecule has 0 aliphatic heterocycles. The lowest BCUT2D eigenvalue weighted by molar-refractivity contribution is 0.617. The Morgan fingerprint density at radius 1 is 1.24 bits per heavy atom. The number of nitrogens with zero attached hydrogens (tertiary/aromatic N) is 2. The second-order valence-corrected chi connectivity index (χ2v) is 3.83. The van der Waals surface area contributed by atoms with Crippen LogP contribution in [0.5, 0.6) is 0 Å². The first-order valence-electron chi connectivity index (χ1n) is 5.66. The predicted octanol–water partition coefficient (Wildman–Crippen LogP) is 1.59. The number of hydrogen-bond acceptors (Lipinski definition) is 4. The summed E-state index contributed by atoms with van der Waals surface area (Å²) in [6.07, 6.45) is 6.07. The maximum atomic E-state index is 5.59. The van der Waals surface area contributed by atoms with Gasteiger partial charge in [0.1, 0.15) is 0 Å². The summed E-state index contributed by atoms with van der Waals surface area (Å²) in [4.78, 5) is 8.32. The number of nitrogens with one attached hydrogen (secondary N) is 1. The Bertz CT molecular complexity index is 453. The molecule has 0 saturated carbocycles. The van der Waals surface area contributed by atoms with Crippen molar-refractivity contribution in [3.8, 4) is 0 Å². The highest BCUT2D eigenvalue weighted by molar-refractivity contribution is 5.29. The maximum absolute atomic E-state index is 5.59. The minimum Gasteiger partial charge on any atom is -0.271 e. The van der Waals surface area contributed by atoms with Crippen LogP contribution in [0, 0.1) is 0 Å². The van der Waals surface area contributed by atoms with Gasteiger partial charge in [-0.25, -0.2) is 5.43 Å². The average molecular weight is 228 g/mol. The van der Waals surface area contributed by atoms with Crippen LogP contribution in [0.15, 0.2) is 42.9 Å². The molecular weight excluding hydrogens is 212 g/mol. The van der Waals surface area contributed by atoms with E-state index < -0.39 is 0 Å². The standard InChI is InChI=1S/C13H16N4/c1-2-10-3-5-11(6-4-10)13(17-14)12-9-15-7-8-16-12/h3-9,13,17H,2,14H2,1H3. The van der Waals surface area contributed by atoms with Crippen molar-refractivity contribution < 1.29 is 0 Å². The molecule has 1 aromatic heterocycles. The molecule has 0 saturated heterocycles. The Morgan fingerprint density at radius 3 is 2.53 bits per heavy atom. The number of hydrogen-bond donors (Lipinski definition) is 2. The Kier molecular flexibility index (Phi) is 3.80. The molecule has 0 aliphatic carbocycles. The van der Waals surface area contributed by atoms with Gasteiger partial charge in [0.2, 0.25) is 0 Å². The second-order valence-electron chi connectivity index (χ2n) is 3.83. The van der Waals surface area contributed by atoms with Crippen LogP contribution >= 0.6 is 0 Å². The van der Waals surface area contributed by atoms with E-state index in [9.17, 15) is 0 Å². The van der Waals surface area contributed by atoms with Crippen molar-refractivity contribution in [3.63, 3.8) is 0 Å². The van der Waals surface area contributed by atoms with Crippen molar-refractivity contribution >= 4 is 0 Å². The number of benzene rings is 1. The van der Waals surface area contributed by atoms with Crippen LogP contribution in [0.3, 0.4) is 0 Å². The van der Waals surface area contributed by atoms with Crippen LogP contribution in [-0.2, 0) is 6.42 Å². The summed E-state index contributed by atoms with van der Waals surface area (Å²) in [5, 5.41) is 0. The van der Waals surface area contributed by atoms with E-state index >= 15 is 0 Å². The van der Waals surface area contributed by atoms with E-state index in [1.54, 1.807) is 18.6 Å². The topological polar surface area (TPSA) is 63.8 Å². The molecule has 4 nitrogen and oxygen atoms in total. The third kappa shape index (κ3) is 2.67. The SMILES string of the molecule is CCc1ccc(C(NN)c2cnccn2)cc1. The summed E-state index contributed by atoms with van der Waals surface area (Å²) < 4.78 is 0. The molecular formula is C13H16N4. The first-order valence-corrected chi connectivity index (χ1v) is 5.66. The van der Waals surface area contributed by atoms with Crippen molar-refractivity contribution in [3.05, 3.63) is 59.7 Å². The van der Waals surface area contributed by atoms with Crippen molar-refractivity contribution in [1.82, 2.24) is 15.4 Å². The van der Waals surface area contributed by atoms with E-state index in [1.807, 2.05) is 0 Å². The van der Waals surface area contributed by atoms with E-state index in [0.29, 0.717) is 0 Å². The molecule has 17 heavy (non-hydrogen) atoms. The minimum atomic E-state index is -0.116. The lowest BCUT2D eigenvalue weighted by Gasteiger charge is -2.15. The van der Waals surface area contributed by atoms with Crippen molar-refractivity contribution in [1.29, 1.82) is 0 Å². The fourth-order valence-electron chi connectivity index (χ4n) is 1.76. The minimum absolute atomic E-state index is 0.116. The molecule has 0 fully saturated rings. The Morgan fingerprint density at radius 2 is 2.00 bits per heavy atom. The van der Waals surface area contributed by atoms with E-state index in [-0.39, 0.29) is 6.04 Å². The lowest BCUT2D eigenvalue weighted by Crippen LogP contribution is -2.29. The van der Waals surface area contributed by atoms with Crippen LogP contribution in [0.25, 0.3) is 0 Å². The fraction of sp³-hybridized carbons (Fsp3) is 0.231. The Labute approximate surface area is 101 Å². The van der Waals surface area contributed by atoms with Gasteiger partial charge in [-0.1, -0.05) is 31.2 Å². The molecule has 0 spiro atoms. The van der Waals surface area contributed by atoms with Gasteiger partial charge in [0.25, 0.3) is 0 Å². The number of rotatable bonds is 4. The number of aryl methyl sites for hydroxylation is 1. The Balaban J connectivity index is 2.29. The fourth-order valence-corrected chi connectivity index (χ4v) is 1.76. The molecule has 0 amide bonds. The van der Waals surface area contributed by atoms with E-state index in [1.165, 1.54) is 5.56 Å². The molecule has 4 heteroatoms. The summed E-state index contributed by atoms with van der Waals surface area (Å²) >= 11 is 0. The molecule has 0 bridgehead atoms. The monoisotopic (exact) mass is 228 g/mol. The molecule has 88 valence electrons. The van der Waals surface area contributed by atoms with Gasteiger partial charge in [-0.2, -0.15) is 0 Å².